The lowest BCUT2D eigenvalue weighted by Gasteiger charge is -2.29. The molecule has 112 valence electrons. The molecule has 0 amide bonds. The maximum Gasteiger partial charge on any atom is 0.170 e. The monoisotopic (exact) mass is 341 g/mol. The van der Waals surface area contributed by atoms with Crippen molar-refractivity contribution in [3.8, 4) is 0 Å². The second-order valence-corrected chi connectivity index (χ2v) is 6.70. The lowest BCUT2D eigenvalue weighted by molar-refractivity contribution is 0.318. The van der Waals surface area contributed by atoms with E-state index in [4.69, 9.17) is 10.9 Å². The molecule has 0 aliphatic carbocycles. The van der Waals surface area contributed by atoms with Crippen LogP contribution in [0.1, 0.15) is 33.3 Å². The molecule has 0 aromatic heterocycles. The first-order valence-electron chi connectivity index (χ1n) is 6.87. The Hall–Kier alpha value is -1.23. The highest BCUT2D eigenvalue weighted by Crippen LogP contribution is 2.28. The van der Waals surface area contributed by atoms with Crippen LogP contribution in [-0.2, 0) is 0 Å². The van der Waals surface area contributed by atoms with Crippen molar-refractivity contribution in [3.05, 3.63) is 28.2 Å². The minimum atomic E-state index is 0.122. The molecule has 1 aromatic rings. The highest BCUT2D eigenvalue weighted by molar-refractivity contribution is 9.10. The lowest BCUT2D eigenvalue weighted by Crippen LogP contribution is -2.31. The third kappa shape index (κ3) is 4.71. The van der Waals surface area contributed by atoms with E-state index in [1.165, 1.54) is 0 Å². The highest BCUT2D eigenvalue weighted by atomic mass is 79.9. The van der Waals surface area contributed by atoms with Gasteiger partial charge in [-0.1, -0.05) is 32.9 Å². The molecule has 1 aromatic carbocycles. The molecule has 0 unspecified atom stereocenters. The van der Waals surface area contributed by atoms with E-state index in [0.29, 0.717) is 17.4 Å². The summed E-state index contributed by atoms with van der Waals surface area (Å²) in [6.07, 6.45) is 0. The number of halogens is 1. The summed E-state index contributed by atoms with van der Waals surface area (Å²) >= 11 is 3.59. The average molecular weight is 342 g/mol. The Kier molecular flexibility index (Phi) is 6.33. The molecule has 0 aliphatic rings. The van der Waals surface area contributed by atoms with Crippen LogP contribution in [0.5, 0.6) is 0 Å². The van der Waals surface area contributed by atoms with Gasteiger partial charge in [0.25, 0.3) is 0 Å². The molecule has 4 nitrogen and oxygen atoms in total. The summed E-state index contributed by atoms with van der Waals surface area (Å²) in [6.45, 7) is 10.9. The van der Waals surface area contributed by atoms with Gasteiger partial charge in [-0.15, -0.1) is 0 Å². The standard InChI is InChI=1S/C15H24BrN3O/c1-10(2)8-19(9-11(3)4)14-6-5-12(7-13(14)16)15(17)18-20/h5-7,10-11,20H,8-9H2,1-4H3,(H2,17,18). The molecule has 0 saturated heterocycles. The number of oxime groups is 1. The fraction of sp³-hybridized carbons (Fsp3) is 0.533. The van der Waals surface area contributed by atoms with Crippen LogP contribution in [-0.4, -0.2) is 24.1 Å². The van der Waals surface area contributed by atoms with Crippen molar-refractivity contribution in [3.63, 3.8) is 0 Å². The van der Waals surface area contributed by atoms with Crippen molar-refractivity contribution in [1.29, 1.82) is 0 Å². The highest BCUT2D eigenvalue weighted by Gasteiger charge is 2.14. The zero-order chi connectivity index (χ0) is 15.3. The average Bonchev–Trinajstić information content (AvgIpc) is 2.35. The van der Waals surface area contributed by atoms with E-state index in [1.807, 2.05) is 18.2 Å². The molecule has 3 N–H and O–H groups in total. The number of hydrogen-bond donors (Lipinski definition) is 2. The SMILES string of the molecule is CC(C)CN(CC(C)C)c1ccc(/C(N)=N/O)cc1Br. The van der Waals surface area contributed by atoms with Gasteiger partial charge in [-0.2, -0.15) is 0 Å². The zero-order valence-corrected chi connectivity index (χ0v) is 14.2. The van der Waals surface area contributed by atoms with Crippen molar-refractivity contribution in [1.82, 2.24) is 0 Å². The summed E-state index contributed by atoms with van der Waals surface area (Å²) in [4.78, 5) is 2.37. The Balaban J connectivity index is 3.07. The Labute approximate surface area is 129 Å². The number of nitrogens with zero attached hydrogens (tertiary/aromatic N) is 2. The lowest BCUT2D eigenvalue weighted by atomic mass is 10.1. The predicted molar refractivity (Wildman–Crippen MR) is 88.5 cm³/mol. The van der Waals surface area contributed by atoms with E-state index in [1.54, 1.807) is 0 Å². The number of anilines is 1. The number of rotatable bonds is 6. The largest absolute Gasteiger partial charge is 0.409 e. The first kappa shape index (κ1) is 16.8. The van der Waals surface area contributed by atoms with E-state index in [2.05, 4.69) is 53.7 Å². The van der Waals surface area contributed by atoms with Crippen LogP contribution in [0, 0.1) is 11.8 Å². The maximum absolute atomic E-state index is 8.73. The molecular formula is C15H24BrN3O. The van der Waals surface area contributed by atoms with Gasteiger partial charge in [-0.3, -0.25) is 0 Å². The van der Waals surface area contributed by atoms with Crippen LogP contribution < -0.4 is 10.6 Å². The fourth-order valence-corrected chi connectivity index (χ4v) is 2.76. The van der Waals surface area contributed by atoms with Gasteiger partial charge in [0.05, 0.1) is 5.69 Å². The van der Waals surface area contributed by atoms with Gasteiger partial charge in [-0.05, 0) is 46.0 Å². The summed E-state index contributed by atoms with van der Waals surface area (Å²) in [5.74, 6) is 1.30. The van der Waals surface area contributed by atoms with Crippen molar-refractivity contribution >= 4 is 27.5 Å². The van der Waals surface area contributed by atoms with Gasteiger partial charge >= 0.3 is 0 Å². The van der Waals surface area contributed by atoms with Crippen LogP contribution in [0.2, 0.25) is 0 Å². The zero-order valence-electron chi connectivity index (χ0n) is 12.6. The third-order valence-corrected chi connectivity index (χ3v) is 3.50. The van der Waals surface area contributed by atoms with Crippen LogP contribution in [0.15, 0.2) is 27.8 Å². The molecular weight excluding hydrogens is 318 g/mol. The summed E-state index contributed by atoms with van der Waals surface area (Å²) in [7, 11) is 0. The van der Waals surface area contributed by atoms with Crippen LogP contribution in [0.25, 0.3) is 0 Å². The van der Waals surface area contributed by atoms with Crippen molar-refractivity contribution in [2.75, 3.05) is 18.0 Å². The number of hydrogen-bond acceptors (Lipinski definition) is 3. The summed E-state index contributed by atoms with van der Waals surface area (Å²) in [5, 5.41) is 11.8. The quantitative estimate of drug-likeness (QED) is 0.359. The first-order chi connectivity index (χ1) is 9.35. The molecule has 5 heteroatoms. The second-order valence-electron chi connectivity index (χ2n) is 5.84. The van der Waals surface area contributed by atoms with Gasteiger partial charge in [0.15, 0.2) is 5.84 Å². The van der Waals surface area contributed by atoms with Crippen molar-refractivity contribution < 1.29 is 5.21 Å². The van der Waals surface area contributed by atoms with Crippen LogP contribution in [0.4, 0.5) is 5.69 Å². The number of amidine groups is 1. The van der Waals surface area contributed by atoms with Crippen molar-refractivity contribution in [2.45, 2.75) is 27.7 Å². The maximum atomic E-state index is 8.73. The molecule has 20 heavy (non-hydrogen) atoms. The summed E-state index contributed by atoms with van der Waals surface area (Å²) in [6, 6.07) is 5.78. The van der Waals surface area contributed by atoms with E-state index in [0.717, 1.165) is 23.2 Å². The Morgan fingerprint density at radius 3 is 2.20 bits per heavy atom. The topological polar surface area (TPSA) is 61.8 Å². The molecule has 0 atom stereocenters. The molecule has 0 saturated carbocycles. The molecule has 0 aliphatic heterocycles. The molecule has 0 radical (unpaired) electrons. The first-order valence-corrected chi connectivity index (χ1v) is 7.66. The van der Waals surface area contributed by atoms with Gasteiger partial charge < -0.3 is 15.8 Å². The van der Waals surface area contributed by atoms with Crippen LogP contribution >= 0.6 is 15.9 Å². The van der Waals surface area contributed by atoms with E-state index < -0.39 is 0 Å². The molecule has 0 fully saturated rings. The van der Waals surface area contributed by atoms with E-state index in [9.17, 15) is 0 Å². The van der Waals surface area contributed by atoms with Gasteiger partial charge in [0.1, 0.15) is 0 Å². The Morgan fingerprint density at radius 1 is 1.25 bits per heavy atom. The minimum absolute atomic E-state index is 0.122. The number of nitrogens with two attached hydrogens (primary N) is 1. The molecule has 1 rings (SSSR count). The Bertz CT molecular complexity index is 462. The fourth-order valence-electron chi connectivity index (χ4n) is 2.13. The Morgan fingerprint density at radius 2 is 1.80 bits per heavy atom. The van der Waals surface area contributed by atoms with Gasteiger partial charge in [-0.25, -0.2) is 0 Å². The third-order valence-electron chi connectivity index (χ3n) is 2.86. The second kappa shape index (κ2) is 7.53. The van der Waals surface area contributed by atoms with Gasteiger partial charge in [0.2, 0.25) is 0 Å². The minimum Gasteiger partial charge on any atom is -0.409 e. The molecule has 0 spiro atoms. The summed E-state index contributed by atoms with van der Waals surface area (Å²) < 4.78 is 0.961. The van der Waals surface area contributed by atoms with E-state index >= 15 is 0 Å². The summed E-state index contributed by atoms with van der Waals surface area (Å²) in [5.41, 5.74) is 7.46. The molecule has 0 heterocycles. The van der Waals surface area contributed by atoms with Gasteiger partial charge in [0, 0.05) is 23.1 Å². The number of benzene rings is 1. The van der Waals surface area contributed by atoms with Crippen molar-refractivity contribution in [2.24, 2.45) is 22.7 Å². The predicted octanol–water partition coefficient (Wildman–Crippen LogP) is 3.66. The van der Waals surface area contributed by atoms with E-state index in [-0.39, 0.29) is 5.84 Å². The molecule has 0 bridgehead atoms. The normalized spacial score (nSPS) is 12.2. The smallest absolute Gasteiger partial charge is 0.170 e. The van der Waals surface area contributed by atoms with Crippen LogP contribution in [0.3, 0.4) is 0 Å².